The number of rotatable bonds is 4. The molecule has 136 valence electrons. The predicted molar refractivity (Wildman–Crippen MR) is 93.7 cm³/mol. The van der Waals surface area contributed by atoms with Gasteiger partial charge in [-0.1, -0.05) is 6.07 Å². The lowest BCUT2D eigenvalue weighted by atomic mass is 10.1. The number of fused-ring (bicyclic) bond motifs is 1. The lowest BCUT2D eigenvalue weighted by molar-refractivity contribution is -0.139. The molecule has 0 atom stereocenters. The highest BCUT2D eigenvalue weighted by Crippen LogP contribution is 2.32. The van der Waals surface area contributed by atoms with Crippen LogP contribution in [0.25, 0.3) is 0 Å². The maximum Gasteiger partial charge on any atom is 0.254 e. The van der Waals surface area contributed by atoms with Crippen LogP contribution in [0.5, 0.6) is 17.2 Å². The number of hydrogen-bond donors (Lipinski definition) is 0. The highest BCUT2D eigenvalue weighted by Gasteiger charge is 2.32. The summed E-state index contributed by atoms with van der Waals surface area (Å²) < 4.78 is 18.0. The molecule has 2 aliphatic rings. The van der Waals surface area contributed by atoms with E-state index in [1.54, 1.807) is 16.5 Å². The number of pyridine rings is 1. The normalized spacial score (nSPS) is 15.7. The molecule has 1 amide bonds. The van der Waals surface area contributed by atoms with Gasteiger partial charge in [0.25, 0.3) is 5.56 Å². The van der Waals surface area contributed by atoms with Crippen LogP contribution in [0.1, 0.15) is 11.3 Å². The van der Waals surface area contributed by atoms with Gasteiger partial charge in [0.05, 0.1) is 19.5 Å². The summed E-state index contributed by atoms with van der Waals surface area (Å²) in [6, 6.07) is 8.85. The summed E-state index contributed by atoms with van der Waals surface area (Å²) in [5.41, 5.74) is 1.63. The number of benzene rings is 1. The number of amides is 1. The molecule has 0 unspecified atom stereocenters. The first-order chi connectivity index (χ1) is 12.5. The van der Waals surface area contributed by atoms with E-state index in [-0.39, 0.29) is 24.4 Å². The van der Waals surface area contributed by atoms with Crippen molar-refractivity contribution in [2.75, 3.05) is 19.9 Å². The number of carbonyl (C=O) groups excluding carboxylic acids is 1. The van der Waals surface area contributed by atoms with Crippen molar-refractivity contribution in [3.8, 4) is 17.2 Å². The smallest absolute Gasteiger partial charge is 0.254 e. The fourth-order valence-electron chi connectivity index (χ4n) is 3.05. The molecular formula is C19H20N2O5. The third-order valence-electron chi connectivity index (χ3n) is 4.77. The first-order valence-electron chi connectivity index (χ1n) is 8.50. The SMILES string of the molecule is Cc1cc(OC2CN(C(=O)Cc3ccc4c(c3)OCO4)C2)cc(=O)n1C. The predicted octanol–water partition coefficient (Wildman–Crippen LogP) is 1.25. The number of aromatic nitrogens is 1. The van der Waals surface area contributed by atoms with E-state index in [4.69, 9.17) is 14.2 Å². The minimum Gasteiger partial charge on any atom is -0.486 e. The lowest BCUT2D eigenvalue weighted by Gasteiger charge is -2.39. The number of hydrogen-bond acceptors (Lipinski definition) is 5. The van der Waals surface area contributed by atoms with Crippen molar-refractivity contribution in [3.05, 3.63) is 51.9 Å². The highest BCUT2D eigenvalue weighted by atomic mass is 16.7. The molecular weight excluding hydrogens is 336 g/mol. The van der Waals surface area contributed by atoms with Crippen molar-refractivity contribution in [1.82, 2.24) is 9.47 Å². The van der Waals surface area contributed by atoms with Crippen LogP contribution in [0.3, 0.4) is 0 Å². The zero-order valence-corrected chi connectivity index (χ0v) is 14.7. The van der Waals surface area contributed by atoms with Crippen LogP contribution in [0.15, 0.2) is 35.1 Å². The van der Waals surface area contributed by atoms with E-state index in [0.29, 0.717) is 36.8 Å². The molecule has 1 aromatic carbocycles. The Labute approximate surface area is 150 Å². The molecule has 0 radical (unpaired) electrons. The minimum atomic E-state index is -0.102. The van der Waals surface area contributed by atoms with Gasteiger partial charge in [-0.15, -0.1) is 0 Å². The number of nitrogens with zero attached hydrogens (tertiary/aromatic N) is 2. The molecule has 0 saturated carbocycles. The molecule has 0 bridgehead atoms. The largest absolute Gasteiger partial charge is 0.486 e. The molecule has 3 heterocycles. The van der Waals surface area contributed by atoms with E-state index >= 15 is 0 Å². The second-order valence-corrected chi connectivity index (χ2v) is 6.63. The summed E-state index contributed by atoms with van der Waals surface area (Å²) in [6.45, 7) is 3.13. The van der Waals surface area contributed by atoms with Gasteiger partial charge in [0.15, 0.2) is 11.5 Å². The van der Waals surface area contributed by atoms with Crippen LogP contribution >= 0.6 is 0 Å². The Balaban J connectivity index is 1.32. The van der Waals surface area contributed by atoms with Crippen LogP contribution in [0, 0.1) is 6.92 Å². The number of likely N-dealkylation sites (tertiary alicyclic amines) is 1. The van der Waals surface area contributed by atoms with Crippen LogP contribution < -0.4 is 19.8 Å². The molecule has 7 heteroatoms. The number of aryl methyl sites for hydroxylation is 1. The van der Waals surface area contributed by atoms with Crippen molar-refractivity contribution in [3.63, 3.8) is 0 Å². The Morgan fingerprint density at radius 2 is 1.96 bits per heavy atom. The van der Waals surface area contributed by atoms with Gasteiger partial charge in [-0.2, -0.15) is 0 Å². The first kappa shape index (κ1) is 16.5. The quantitative estimate of drug-likeness (QED) is 0.825. The molecule has 1 aromatic heterocycles. The van der Waals surface area contributed by atoms with Gasteiger partial charge in [0.2, 0.25) is 12.7 Å². The van der Waals surface area contributed by atoms with E-state index in [1.807, 2.05) is 31.2 Å². The first-order valence-corrected chi connectivity index (χ1v) is 8.50. The Morgan fingerprint density at radius 1 is 1.19 bits per heavy atom. The third-order valence-corrected chi connectivity index (χ3v) is 4.77. The fraction of sp³-hybridized carbons (Fsp3) is 0.368. The second-order valence-electron chi connectivity index (χ2n) is 6.63. The second kappa shape index (κ2) is 6.40. The molecule has 2 aromatic rings. The summed E-state index contributed by atoms with van der Waals surface area (Å²) >= 11 is 0. The van der Waals surface area contributed by atoms with Crippen LogP contribution in [-0.2, 0) is 18.3 Å². The molecule has 1 saturated heterocycles. The van der Waals surface area contributed by atoms with Gasteiger partial charge in [-0.3, -0.25) is 9.59 Å². The zero-order valence-electron chi connectivity index (χ0n) is 14.7. The van der Waals surface area contributed by atoms with E-state index < -0.39 is 0 Å². The maximum atomic E-state index is 12.4. The summed E-state index contributed by atoms with van der Waals surface area (Å²) in [5.74, 6) is 1.99. The molecule has 4 rings (SSSR count). The van der Waals surface area contributed by atoms with Gasteiger partial charge >= 0.3 is 0 Å². The lowest BCUT2D eigenvalue weighted by Crippen LogP contribution is -2.56. The van der Waals surface area contributed by atoms with Crippen LogP contribution in [0.2, 0.25) is 0 Å². The number of ether oxygens (including phenoxy) is 3. The minimum absolute atomic E-state index is 0.0453. The maximum absolute atomic E-state index is 12.4. The van der Waals surface area contributed by atoms with Crippen molar-refractivity contribution >= 4 is 5.91 Å². The van der Waals surface area contributed by atoms with Gasteiger partial charge in [0, 0.05) is 18.8 Å². The molecule has 0 aliphatic carbocycles. The van der Waals surface area contributed by atoms with E-state index in [1.165, 1.54) is 6.07 Å². The van der Waals surface area contributed by atoms with Crippen molar-refractivity contribution in [1.29, 1.82) is 0 Å². The molecule has 0 spiro atoms. The molecule has 1 fully saturated rings. The van der Waals surface area contributed by atoms with E-state index in [9.17, 15) is 9.59 Å². The highest BCUT2D eigenvalue weighted by molar-refractivity contribution is 5.80. The fourth-order valence-corrected chi connectivity index (χ4v) is 3.05. The Kier molecular flexibility index (Phi) is 4.06. The van der Waals surface area contributed by atoms with Gasteiger partial charge < -0.3 is 23.7 Å². The van der Waals surface area contributed by atoms with Crippen LogP contribution in [0.4, 0.5) is 0 Å². The Bertz CT molecular complexity index is 915. The zero-order chi connectivity index (χ0) is 18.3. The topological polar surface area (TPSA) is 70.0 Å². The Morgan fingerprint density at radius 3 is 2.73 bits per heavy atom. The standard InChI is InChI=1S/C19H20N2O5/c1-12-5-14(8-18(22)20(12)2)26-15-9-21(10-15)19(23)7-13-3-4-16-17(6-13)25-11-24-16/h3-6,8,15H,7,9-11H2,1-2H3. The van der Waals surface area contributed by atoms with Gasteiger partial charge in [-0.25, -0.2) is 0 Å². The summed E-state index contributed by atoms with van der Waals surface area (Å²) in [7, 11) is 1.72. The van der Waals surface area contributed by atoms with E-state index in [0.717, 1.165) is 11.3 Å². The average Bonchev–Trinajstić information content (AvgIpc) is 3.03. The van der Waals surface area contributed by atoms with Gasteiger partial charge in [0.1, 0.15) is 11.9 Å². The van der Waals surface area contributed by atoms with Crippen molar-refractivity contribution in [2.45, 2.75) is 19.4 Å². The number of carbonyl (C=O) groups is 1. The third kappa shape index (κ3) is 3.12. The van der Waals surface area contributed by atoms with Crippen molar-refractivity contribution in [2.24, 2.45) is 7.05 Å². The van der Waals surface area contributed by atoms with Crippen molar-refractivity contribution < 1.29 is 19.0 Å². The molecule has 2 aliphatic heterocycles. The molecule has 26 heavy (non-hydrogen) atoms. The van der Waals surface area contributed by atoms with Crippen LogP contribution in [-0.4, -0.2) is 41.4 Å². The monoisotopic (exact) mass is 356 g/mol. The Hall–Kier alpha value is -2.96. The summed E-state index contributed by atoms with van der Waals surface area (Å²) in [4.78, 5) is 25.9. The average molecular weight is 356 g/mol. The molecule has 0 N–H and O–H groups in total. The molecule has 7 nitrogen and oxygen atoms in total. The summed E-state index contributed by atoms with van der Waals surface area (Å²) in [6.07, 6.45) is 0.233. The van der Waals surface area contributed by atoms with Gasteiger partial charge in [-0.05, 0) is 30.7 Å². The summed E-state index contributed by atoms with van der Waals surface area (Å²) in [5, 5.41) is 0. The van der Waals surface area contributed by atoms with E-state index in [2.05, 4.69) is 0 Å².